The maximum atomic E-state index is 12.2. The maximum absolute atomic E-state index is 12.2. The van der Waals surface area contributed by atoms with Crippen molar-refractivity contribution in [2.24, 2.45) is 0 Å². The lowest BCUT2D eigenvalue weighted by Crippen LogP contribution is -2.60. The molecule has 0 bridgehead atoms. The van der Waals surface area contributed by atoms with Gasteiger partial charge in [0, 0.05) is 6.42 Å². The number of carbonyl (C=O) groups excluding carboxylic acids is 1. The van der Waals surface area contributed by atoms with Gasteiger partial charge in [0.25, 0.3) is 0 Å². The summed E-state index contributed by atoms with van der Waals surface area (Å²) >= 11 is 0. The van der Waals surface area contributed by atoms with Gasteiger partial charge in [0.1, 0.15) is 24.4 Å². The van der Waals surface area contributed by atoms with Crippen LogP contribution in [-0.2, 0) is 14.3 Å². The van der Waals surface area contributed by atoms with Gasteiger partial charge in [-0.3, -0.25) is 4.79 Å². The SMILES string of the molecule is CCCCCCCCC/C=C/CC/C=C/CC/C=C/C(O)C(COC1OC(CO)C(O)C(O)C1O)NC(=O)CCC. The molecule has 1 aliphatic heterocycles. The molecule has 1 fully saturated rings. The minimum absolute atomic E-state index is 0.212. The molecule has 238 valence electrons. The molecule has 0 aliphatic carbocycles. The van der Waals surface area contributed by atoms with Crippen molar-refractivity contribution in [3.63, 3.8) is 0 Å². The Balaban J connectivity index is 2.37. The van der Waals surface area contributed by atoms with E-state index in [0.717, 1.165) is 32.1 Å². The second-order valence-electron chi connectivity index (χ2n) is 10.9. The highest BCUT2D eigenvalue weighted by atomic mass is 16.7. The number of aliphatic hydroxyl groups excluding tert-OH is 5. The molecule has 41 heavy (non-hydrogen) atoms. The van der Waals surface area contributed by atoms with Crippen LogP contribution in [0.4, 0.5) is 0 Å². The topological polar surface area (TPSA) is 149 Å². The first-order valence-electron chi connectivity index (χ1n) is 15.7. The molecule has 1 aliphatic rings. The Labute approximate surface area is 247 Å². The average Bonchev–Trinajstić information content (AvgIpc) is 2.96. The van der Waals surface area contributed by atoms with Gasteiger partial charge in [0.05, 0.1) is 25.4 Å². The molecule has 0 aromatic carbocycles. The van der Waals surface area contributed by atoms with Gasteiger partial charge in [-0.25, -0.2) is 0 Å². The summed E-state index contributed by atoms with van der Waals surface area (Å²) in [6, 6.07) is -0.818. The molecule has 0 aromatic heterocycles. The van der Waals surface area contributed by atoms with Crippen LogP contribution in [0, 0.1) is 0 Å². The molecule has 0 saturated carbocycles. The standard InChI is InChI=1S/C32H57NO8/c1-3-5-6-7-8-9-10-11-12-13-14-15-16-17-18-19-20-22-26(35)25(33-28(36)21-4-2)24-40-32-31(39)30(38)29(37)27(23-34)41-32/h12-13,16-17,20,22,25-27,29-32,34-35,37-39H,3-11,14-15,18-19,21,23-24H2,1-2H3,(H,33,36)/b13-12+,17-16+,22-20+. The summed E-state index contributed by atoms with van der Waals surface area (Å²) in [6.45, 7) is 3.33. The molecule has 7 unspecified atom stereocenters. The van der Waals surface area contributed by atoms with E-state index in [1.807, 2.05) is 13.0 Å². The fourth-order valence-electron chi connectivity index (χ4n) is 4.58. The van der Waals surface area contributed by atoms with E-state index in [9.17, 15) is 30.3 Å². The lowest BCUT2D eigenvalue weighted by Gasteiger charge is -2.40. The Bertz CT molecular complexity index is 741. The highest BCUT2D eigenvalue weighted by Gasteiger charge is 2.44. The zero-order valence-electron chi connectivity index (χ0n) is 25.3. The lowest BCUT2D eigenvalue weighted by atomic mass is 9.99. The summed E-state index contributed by atoms with van der Waals surface area (Å²) in [5.41, 5.74) is 0. The molecule has 0 radical (unpaired) electrons. The van der Waals surface area contributed by atoms with Crippen LogP contribution in [0.15, 0.2) is 36.5 Å². The molecule has 0 spiro atoms. The minimum atomic E-state index is -1.57. The third kappa shape index (κ3) is 16.6. The number of allylic oxidation sites excluding steroid dienone is 5. The molecule has 9 nitrogen and oxygen atoms in total. The van der Waals surface area contributed by atoms with Gasteiger partial charge in [-0.1, -0.05) is 88.8 Å². The van der Waals surface area contributed by atoms with Crippen LogP contribution in [-0.4, -0.2) is 87.5 Å². The number of unbranched alkanes of at least 4 members (excludes halogenated alkanes) is 9. The van der Waals surface area contributed by atoms with E-state index in [1.54, 1.807) is 6.08 Å². The van der Waals surface area contributed by atoms with Crippen LogP contribution >= 0.6 is 0 Å². The Kier molecular flexibility index (Phi) is 21.8. The van der Waals surface area contributed by atoms with Crippen molar-refractivity contribution in [1.29, 1.82) is 0 Å². The summed E-state index contributed by atoms with van der Waals surface area (Å²) in [5, 5.41) is 52.9. The molecular formula is C32H57NO8. The van der Waals surface area contributed by atoms with E-state index in [1.165, 1.54) is 44.9 Å². The van der Waals surface area contributed by atoms with Crippen molar-refractivity contribution in [2.45, 2.75) is 147 Å². The number of nitrogens with one attached hydrogen (secondary N) is 1. The Morgan fingerprint density at radius 1 is 0.805 bits per heavy atom. The summed E-state index contributed by atoms with van der Waals surface area (Å²) in [4.78, 5) is 12.2. The van der Waals surface area contributed by atoms with E-state index in [0.29, 0.717) is 6.42 Å². The zero-order chi connectivity index (χ0) is 30.3. The lowest BCUT2D eigenvalue weighted by molar-refractivity contribution is -0.302. The summed E-state index contributed by atoms with van der Waals surface area (Å²) in [7, 11) is 0. The van der Waals surface area contributed by atoms with Gasteiger partial charge in [0.2, 0.25) is 5.91 Å². The Morgan fingerprint density at radius 2 is 1.39 bits per heavy atom. The summed E-state index contributed by atoms with van der Waals surface area (Å²) in [5.74, 6) is -0.248. The fraction of sp³-hybridized carbons (Fsp3) is 0.781. The number of amides is 1. The van der Waals surface area contributed by atoms with Crippen molar-refractivity contribution < 1.29 is 39.8 Å². The average molecular weight is 584 g/mol. The fourth-order valence-corrected chi connectivity index (χ4v) is 4.58. The molecule has 1 amide bonds. The molecular weight excluding hydrogens is 526 g/mol. The van der Waals surface area contributed by atoms with Crippen molar-refractivity contribution in [1.82, 2.24) is 5.32 Å². The maximum Gasteiger partial charge on any atom is 0.220 e. The second-order valence-corrected chi connectivity index (χ2v) is 10.9. The molecule has 1 saturated heterocycles. The van der Waals surface area contributed by atoms with Gasteiger partial charge < -0.3 is 40.3 Å². The third-order valence-corrected chi connectivity index (χ3v) is 7.17. The number of hydrogen-bond donors (Lipinski definition) is 6. The van der Waals surface area contributed by atoms with E-state index in [2.05, 4.69) is 36.5 Å². The largest absolute Gasteiger partial charge is 0.394 e. The van der Waals surface area contributed by atoms with Gasteiger partial charge in [0.15, 0.2) is 6.29 Å². The molecule has 6 N–H and O–H groups in total. The van der Waals surface area contributed by atoms with Crippen LogP contribution in [0.25, 0.3) is 0 Å². The van der Waals surface area contributed by atoms with Gasteiger partial charge in [-0.15, -0.1) is 0 Å². The molecule has 0 aromatic rings. The second kappa shape index (κ2) is 23.9. The smallest absolute Gasteiger partial charge is 0.220 e. The first-order chi connectivity index (χ1) is 19.8. The predicted octanol–water partition coefficient (Wildman–Crippen LogP) is 3.82. The quantitative estimate of drug-likeness (QED) is 0.0786. The van der Waals surface area contributed by atoms with Crippen LogP contribution in [0.5, 0.6) is 0 Å². The monoisotopic (exact) mass is 583 g/mol. The highest BCUT2D eigenvalue weighted by molar-refractivity contribution is 5.76. The third-order valence-electron chi connectivity index (χ3n) is 7.17. The summed E-state index contributed by atoms with van der Waals surface area (Å²) in [6.07, 6.45) is 19.2. The van der Waals surface area contributed by atoms with Crippen LogP contribution in [0.2, 0.25) is 0 Å². The van der Waals surface area contributed by atoms with E-state index in [4.69, 9.17) is 9.47 Å². The van der Waals surface area contributed by atoms with Crippen molar-refractivity contribution >= 4 is 5.91 Å². The van der Waals surface area contributed by atoms with Crippen LogP contribution in [0.1, 0.15) is 104 Å². The molecule has 7 atom stereocenters. The minimum Gasteiger partial charge on any atom is -0.394 e. The van der Waals surface area contributed by atoms with Crippen molar-refractivity contribution in [3.8, 4) is 0 Å². The normalized spacial score (nSPS) is 24.9. The first-order valence-corrected chi connectivity index (χ1v) is 15.7. The number of aliphatic hydroxyl groups is 5. The zero-order valence-corrected chi connectivity index (χ0v) is 25.3. The van der Waals surface area contributed by atoms with Gasteiger partial charge >= 0.3 is 0 Å². The van der Waals surface area contributed by atoms with E-state index >= 15 is 0 Å². The van der Waals surface area contributed by atoms with E-state index < -0.39 is 49.5 Å². The van der Waals surface area contributed by atoms with Gasteiger partial charge in [-0.05, 0) is 44.9 Å². The Morgan fingerprint density at radius 3 is 2.00 bits per heavy atom. The number of ether oxygens (including phenoxy) is 2. The molecule has 9 heteroatoms. The molecule has 1 rings (SSSR count). The van der Waals surface area contributed by atoms with Crippen LogP contribution < -0.4 is 5.32 Å². The number of carbonyl (C=O) groups is 1. The van der Waals surface area contributed by atoms with Gasteiger partial charge in [-0.2, -0.15) is 0 Å². The highest BCUT2D eigenvalue weighted by Crippen LogP contribution is 2.22. The van der Waals surface area contributed by atoms with Crippen LogP contribution in [0.3, 0.4) is 0 Å². The number of hydrogen-bond acceptors (Lipinski definition) is 8. The van der Waals surface area contributed by atoms with E-state index in [-0.39, 0.29) is 18.9 Å². The number of rotatable bonds is 23. The Hall–Kier alpha value is -1.59. The molecule has 1 heterocycles. The summed E-state index contributed by atoms with van der Waals surface area (Å²) < 4.78 is 10.9. The van der Waals surface area contributed by atoms with Crippen molar-refractivity contribution in [2.75, 3.05) is 13.2 Å². The van der Waals surface area contributed by atoms with Crippen molar-refractivity contribution in [3.05, 3.63) is 36.5 Å². The predicted molar refractivity (Wildman–Crippen MR) is 161 cm³/mol. The first kappa shape index (κ1) is 37.4.